The first-order valence-corrected chi connectivity index (χ1v) is 9.50. The van der Waals surface area contributed by atoms with Gasteiger partial charge in [-0.2, -0.15) is 0 Å². The van der Waals surface area contributed by atoms with Crippen molar-refractivity contribution in [2.45, 2.75) is 52.5 Å². The minimum Gasteiger partial charge on any atom is -0.493 e. The molecule has 1 heterocycles. The summed E-state index contributed by atoms with van der Waals surface area (Å²) >= 11 is 0. The molecule has 27 heavy (non-hydrogen) atoms. The van der Waals surface area contributed by atoms with Crippen molar-refractivity contribution in [3.8, 4) is 11.5 Å². The van der Waals surface area contributed by atoms with Gasteiger partial charge in [0.25, 0.3) is 5.91 Å². The fourth-order valence-corrected chi connectivity index (χ4v) is 3.40. The Hall–Kier alpha value is -2.49. The molecule has 0 radical (unpaired) electrons. The lowest BCUT2D eigenvalue weighted by molar-refractivity contribution is -0.124. The van der Waals surface area contributed by atoms with E-state index in [1.807, 2.05) is 31.2 Å². The maximum absolute atomic E-state index is 12.5. The van der Waals surface area contributed by atoms with Gasteiger partial charge in [-0.05, 0) is 37.0 Å². The predicted molar refractivity (Wildman–Crippen MR) is 108 cm³/mol. The van der Waals surface area contributed by atoms with Gasteiger partial charge in [0.15, 0.2) is 6.61 Å². The maximum atomic E-state index is 12.5. The van der Waals surface area contributed by atoms with E-state index in [2.05, 4.69) is 45.1 Å². The molecule has 0 bridgehead atoms. The molecule has 0 aromatic heterocycles. The molecule has 1 atom stereocenters. The van der Waals surface area contributed by atoms with Gasteiger partial charge in [0.2, 0.25) is 0 Å². The molecule has 1 N–H and O–H groups in total. The highest BCUT2D eigenvalue weighted by Gasteiger charge is 2.24. The highest BCUT2D eigenvalue weighted by atomic mass is 16.5. The monoisotopic (exact) mass is 367 g/mol. The Morgan fingerprint density at radius 3 is 2.59 bits per heavy atom. The highest BCUT2D eigenvalue weighted by Crippen LogP contribution is 2.33. The van der Waals surface area contributed by atoms with Gasteiger partial charge in [0.05, 0.1) is 12.6 Å². The Balaban J connectivity index is 1.68. The summed E-state index contributed by atoms with van der Waals surface area (Å²) in [4.78, 5) is 12.5. The standard InChI is InChI=1S/C23H29NO3/c1-15-6-8-20-17(12-15)19(10-11-26-20)24-22(25)14-27-21-9-7-16(2)13-18(21)23(3,4)5/h6-9,12-13,19H,10-11,14H2,1-5H3,(H,24,25). The summed E-state index contributed by atoms with van der Waals surface area (Å²) < 4.78 is 11.6. The molecule has 0 spiro atoms. The number of ether oxygens (including phenoxy) is 2. The van der Waals surface area contributed by atoms with Crippen molar-refractivity contribution < 1.29 is 14.3 Å². The van der Waals surface area contributed by atoms with Crippen LogP contribution in [0.4, 0.5) is 0 Å². The molecule has 4 heteroatoms. The Bertz CT molecular complexity index is 836. The average molecular weight is 367 g/mol. The molecule has 0 saturated carbocycles. The molecule has 3 rings (SSSR count). The van der Waals surface area contributed by atoms with Crippen molar-refractivity contribution in [1.29, 1.82) is 0 Å². The number of hydrogen-bond donors (Lipinski definition) is 1. The van der Waals surface area contributed by atoms with Crippen LogP contribution in [0.5, 0.6) is 11.5 Å². The van der Waals surface area contributed by atoms with Crippen molar-refractivity contribution in [2.75, 3.05) is 13.2 Å². The first-order valence-electron chi connectivity index (χ1n) is 9.50. The first kappa shape index (κ1) is 19.3. The molecule has 144 valence electrons. The number of carbonyl (C=O) groups excluding carboxylic acids is 1. The fraction of sp³-hybridized carbons (Fsp3) is 0.435. The average Bonchev–Trinajstić information content (AvgIpc) is 2.60. The van der Waals surface area contributed by atoms with Crippen LogP contribution >= 0.6 is 0 Å². The van der Waals surface area contributed by atoms with Crippen LogP contribution in [0.2, 0.25) is 0 Å². The van der Waals surface area contributed by atoms with E-state index in [0.29, 0.717) is 6.61 Å². The molecule has 4 nitrogen and oxygen atoms in total. The summed E-state index contributed by atoms with van der Waals surface area (Å²) in [5, 5.41) is 3.10. The molecule has 1 aliphatic heterocycles. The Morgan fingerprint density at radius 2 is 1.85 bits per heavy atom. The number of amides is 1. The third-order valence-corrected chi connectivity index (χ3v) is 4.84. The van der Waals surface area contributed by atoms with Crippen molar-refractivity contribution >= 4 is 5.91 Å². The lowest BCUT2D eigenvalue weighted by Crippen LogP contribution is -2.35. The van der Waals surface area contributed by atoms with Crippen LogP contribution in [0.15, 0.2) is 36.4 Å². The minimum absolute atomic E-state index is 0.00461. The van der Waals surface area contributed by atoms with Crippen LogP contribution in [-0.2, 0) is 10.2 Å². The van der Waals surface area contributed by atoms with E-state index in [-0.39, 0.29) is 24.0 Å². The summed E-state index contributed by atoms with van der Waals surface area (Å²) in [6.07, 6.45) is 0.764. The third-order valence-electron chi connectivity index (χ3n) is 4.84. The van der Waals surface area contributed by atoms with Crippen LogP contribution in [0, 0.1) is 13.8 Å². The largest absolute Gasteiger partial charge is 0.493 e. The van der Waals surface area contributed by atoms with Gasteiger partial charge in [-0.1, -0.05) is 56.2 Å². The quantitative estimate of drug-likeness (QED) is 0.858. The molecule has 0 aliphatic carbocycles. The number of rotatable bonds is 4. The second kappa shape index (κ2) is 7.63. The number of benzene rings is 2. The zero-order valence-electron chi connectivity index (χ0n) is 16.9. The molecule has 0 fully saturated rings. The van der Waals surface area contributed by atoms with Crippen LogP contribution in [0.25, 0.3) is 0 Å². The van der Waals surface area contributed by atoms with E-state index >= 15 is 0 Å². The van der Waals surface area contributed by atoms with Crippen LogP contribution in [-0.4, -0.2) is 19.1 Å². The smallest absolute Gasteiger partial charge is 0.258 e. The van der Waals surface area contributed by atoms with Gasteiger partial charge < -0.3 is 14.8 Å². The summed E-state index contributed by atoms with van der Waals surface area (Å²) in [7, 11) is 0. The normalized spacial score (nSPS) is 16.3. The molecular weight excluding hydrogens is 338 g/mol. The van der Waals surface area contributed by atoms with Gasteiger partial charge in [0.1, 0.15) is 11.5 Å². The SMILES string of the molecule is Cc1ccc2c(c1)C(NC(=O)COc1ccc(C)cc1C(C)(C)C)CCO2. The van der Waals surface area contributed by atoms with E-state index < -0.39 is 0 Å². The van der Waals surface area contributed by atoms with Gasteiger partial charge in [-0.15, -0.1) is 0 Å². The third kappa shape index (κ3) is 4.62. The molecule has 1 amide bonds. The summed E-state index contributed by atoms with van der Waals surface area (Å²) in [6, 6.07) is 12.1. The number of aryl methyl sites for hydroxylation is 2. The predicted octanol–water partition coefficient (Wildman–Crippen LogP) is 4.62. The fourth-order valence-electron chi connectivity index (χ4n) is 3.40. The van der Waals surface area contributed by atoms with Crippen LogP contribution in [0.1, 0.15) is 55.5 Å². The number of fused-ring (bicyclic) bond motifs is 1. The molecule has 2 aromatic carbocycles. The van der Waals surface area contributed by atoms with Crippen LogP contribution < -0.4 is 14.8 Å². The molecular formula is C23H29NO3. The maximum Gasteiger partial charge on any atom is 0.258 e. The van der Waals surface area contributed by atoms with E-state index in [1.54, 1.807) is 0 Å². The summed E-state index contributed by atoms with van der Waals surface area (Å²) in [6.45, 7) is 11.2. The van der Waals surface area contributed by atoms with E-state index in [9.17, 15) is 4.79 Å². The van der Waals surface area contributed by atoms with Gasteiger partial charge in [-0.25, -0.2) is 0 Å². The summed E-state index contributed by atoms with van der Waals surface area (Å²) in [5.74, 6) is 1.51. The van der Waals surface area contributed by atoms with Crippen LogP contribution in [0.3, 0.4) is 0 Å². The number of carbonyl (C=O) groups is 1. The van der Waals surface area contributed by atoms with Gasteiger partial charge in [-0.3, -0.25) is 4.79 Å². The van der Waals surface area contributed by atoms with E-state index in [4.69, 9.17) is 9.47 Å². The van der Waals surface area contributed by atoms with Gasteiger partial charge in [0, 0.05) is 12.0 Å². The Kier molecular flexibility index (Phi) is 5.45. The highest BCUT2D eigenvalue weighted by molar-refractivity contribution is 5.78. The molecule has 1 aliphatic rings. The van der Waals surface area contributed by atoms with Crippen molar-refractivity contribution in [1.82, 2.24) is 5.32 Å². The minimum atomic E-state index is -0.116. The first-order chi connectivity index (χ1) is 12.7. The molecule has 1 unspecified atom stereocenters. The second-order valence-electron chi connectivity index (χ2n) is 8.34. The van der Waals surface area contributed by atoms with Gasteiger partial charge >= 0.3 is 0 Å². The van der Waals surface area contributed by atoms with Crippen molar-refractivity contribution in [3.63, 3.8) is 0 Å². The Morgan fingerprint density at radius 1 is 1.15 bits per heavy atom. The molecule has 2 aromatic rings. The molecule has 0 saturated heterocycles. The van der Waals surface area contributed by atoms with E-state index in [0.717, 1.165) is 34.6 Å². The lowest BCUT2D eigenvalue weighted by atomic mass is 9.85. The Labute approximate surface area is 161 Å². The van der Waals surface area contributed by atoms with E-state index in [1.165, 1.54) is 5.56 Å². The number of hydrogen-bond acceptors (Lipinski definition) is 3. The topological polar surface area (TPSA) is 47.6 Å². The van der Waals surface area contributed by atoms with Crippen molar-refractivity contribution in [2.24, 2.45) is 0 Å². The summed E-state index contributed by atoms with van der Waals surface area (Å²) in [5.41, 5.74) is 4.45. The zero-order valence-corrected chi connectivity index (χ0v) is 16.9. The lowest BCUT2D eigenvalue weighted by Gasteiger charge is -2.27. The second-order valence-corrected chi connectivity index (χ2v) is 8.34. The zero-order chi connectivity index (χ0) is 19.6. The number of nitrogens with one attached hydrogen (secondary N) is 1. The van der Waals surface area contributed by atoms with Crippen molar-refractivity contribution in [3.05, 3.63) is 58.7 Å².